The molecular formula is C26H31FN4O3S. The van der Waals surface area contributed by atoms with Crippen molar-refractivity contribution >= 4 is 15.9 Å². The zero-order chi connectivity index (χ0) is 25.0. The molecule has 0 radical (unpaired) electrons. The van der Waals surface area contributed by atoms with E-state index in [1.165, 1.54) is 18.2 Å². The summed E-state index contributed by atoms with van der Waals surface area (Å²) in [7, 11) is -1.87. The number of sulfonamides is 1. The zero-order valence-electron chi connectivity index (χ0n) is 20.1. The first-order chi connectivity index (χ1) is 16.7. The van der Waals surface area contributed by atoms with Gasteiger partial charge < -0.3 is 4.90 Å². The fourth-order valence-corrected chi connectivity index (χ4v) is 5.25. The van der Waals surface area contributed by atoms with Crippen LogP contribution in [0.25, 0.3) is 11.3 Å². The monoisotopic (exact) mass is 498 g/mol. The normalized spacial score (nSPS) is 13.7. The van der Waals surface area contributed by atoms with Crippen molar-refractivity contribution in [2.45, 2.75) is 56.4 Å². The Bertz CT molecular complexity index is 1300. The molecule has 0 atom stereocenters. The highest BCUT2D eigenvalue weighted by Gasteiger charge is 2.28. The number of halogens is 1. The Morgan fingerprint density at radius 3 is 2.69 bits per heavy atom. The van der Waals surface area contributed by atoms with Crippen LogP contribution in [0.4, 0.5) is 4.39 Å². The Labute approximate surface area is 205 Å². The molecule has 1 aliphatic carbocycles. The number of carbonyl (C=O) groups is 1. The van der Waals surface area contributed by atoms with Gasteiger partial charge in [0, 0.05) is 36.5 Å². The van der Waals surface area contributed by atoms with E-state index in [1.807, 2.05) is 19.1 Å². The van der Waals surface area contributed by atoms with E-state index in [0.29, 0.717) is 12.1 Å². The van der Waals surface area contributed by atoms with Gasteiger partial charge in [0.15, 0.2) is 0 Å². The number of carbonyl (C=O) groups excluding carboxylic acids is 1. The maximum atomic E-state index is 13.4. The van der Waals surface area contributed by atoms with Gasteiger partial charge in [0.2, 0.25) is 10.0 Å². The Balaban J connectivity index is 1.26. The van der Waals surface area contributed by atoms with E-state index >= 15 is 0 Å². The average Bonchev–Trinajstić information content (AvgIpc) is 3.50. The van der Waals surface area contributed by atoms with E-state index in [0.717, 1.165) is 61.0 Å². The predicted octanol–water partition coefficient (Wildman–Crippen LogP) is 4.45. The molecule has 4 rings (SSSR count). The lowest BCUT2D eigenvalue weighted by atomic mass is 10.1. The summed E-state index contributed by atoms with van der Waals surface area (Å²) in [6.45, 7) is 2.39. The number of hydrogen-bond acceptors (Lipinski definition) is 4. The van der Waals surface area contributed by atoms with Crippen LogP contribution in [-0.2, 0) is 16.4 Å². The summed E-state index contributed by atoms with van der Waals surface area (Å²) in [5.74, 6) is -0.469. The molecule has 186 valence electrons. The molecule has 1 fully saturated rings. The summed E-state index contributed by atoms with van der Waals surface area (Å²) in [6, 6.07) is 13.0. The lowest BCUT2D eigenvalue weighted by Crippen LogP contribution is -2.29. The zero-order valence-corrected chi connectivity index (χ0v) is 20.9. The Hall–Kier alpha value is -3.04. The Morgan fingerprint density at radius 2 is 1.94 bits per heavy atom. The maximum Gasteiger partial charge on any atom is 0.253 e. The van der Waals surface area contributed by atoms with Gasteiger partial charge in [-0.2, -0.15) is 5.10 Å². The van der Waals surface area contributed by atoms with E-state index in [4.69, 9.17) is 0 Å². The van der Waals surface area contributed by atoms with Crippen LogP contribution in [0.5, 0.6) is 0 Å². The minimum absolute atomic E-state index is 0.0119. The third kappa shape index (κ3) is 6.55. The third-order valence-electron chi connectivity index (χ3n) is 6.19. The SMILES string of the molecule is Cc1ccc(S(=O)(=O)NC2CC2)cc1C(=O)N(C)CCCCCc1cc(-c2cccc(F)c2)n[nH]1. The minimum Gasteiger partial charge on any atom is -0.342 e. The quantitative estimate of drug-likeness (QED) is 0.382. The molecule has 2 aromatic carbocycles. The molecule has 35 heavy (non-hydrogen) atoms. The smallest absolute Gasteiger partial charge is 0.253 e. The van der Waals surface area contributed by atoms with E-state index in [2.05, 4.69) is 14.9 Å². The van der Waals surface area contributed by atoms with Crippen LogP contribution in [0, 0.1) is 12.7 Å². The predicted molar refractivity (Wildman–Crippen MR) is 133 cm³/mol. The van der Waals surface area contributed by atoms with Gasteiger partial charge in [0.05, 0.1) is 10.6 Å². The molecule has 0 spiro atoms. The molecule has 0 saturated heterocycles. The summed E-state index contributed by atoms with van der Waals surface area (Å²) in [5, 5.41) is 7.28. The first-order valence-corrected chi connectivity index (χ1v) is 13.4. The highest BCUT2D eigenvalue weighted by atomic mass is 32.2. The molecule has 0 unspecified atom stereocenters. The van der Waals surface area contributed by atoms with Crippen molar-refractivity contribution in [3.8, 4) is 11.3 Å². The first kappa shape index (κ1) is 25.1. The molecule has 0 bridgehead atoms. The molecule has 1 aromatic heterocycles. The summed E-state index contributed by atoms with van der Waals surface area (Å²) in [4.78, 5) is 14.8. The summed E-state index contributed by atoms with van der Waals surface area (Å²) in [5.41, 5.74) is 3.61. The van der Waals surface area contributed by atoms with E-state index in [1.54, 1.807) is 30.1 Å². The van der Waals surface area contributed by atoms with Crippen molar-refractivity contribution in [2.75, 3.05) is 13.6 Å². The van der Waals surface area contributed by atoms with Crippen LogP contribution in [0.2, 0.25) is 0 Å². The van der Waals surface area contributed by atoms with Gasteiger partial charge in [-0.25, -0.2) is 17.5 Å². The number of amides is 1. The number of H-pyrrole nitrogens is 1. The largest absolute Gasteiger partial charge is 0.342 e. The van der Waals surface area contributed by atoms with Gasteiger partial charge in [-0.05, 0) is 74.9 Å². The van der Waals surface area contributed by atoms with Crippen LogP contribution in [0.3, 0.4) is 0 Å². The molecule has 1 aliphatic rings. The molecular weight excluding hydrogens is 467 g/mol. The third-order valence-corrected chi connectivity index (χ3v) is 7.70. The van der Waals surface area contributed by atoms with Crippen molar-refractivity contribution in [3.63, 3.8) is 0 Å². The molecule has 2 N–H and O–H groups in total. The van der Waals surface area contributed by atoms with Crippen LogP contribution in [-0.4, -0.2) is 49.1 Å². The summed E-state index contributed by atoms with van der Waals surface area (Å²) in [6.07, 6.45) is 5.19. The number of nitrogens with zero attached hydrogens (tertiary/aromatic N) is 2. The van der Waals surface area contributed by atoms with Crippen molar-refractivity contribution in [1.82, 2.24) is 19.8 Å². The number of benzene rings is 2. The first-order valence-electron chi connectivity index (χ1n) is 11.9. The van der Waals surface area contributed by atoms with Crippen molar-refractivity contribution in [2.24, 2.45) is 0 Å². The van der Waals surface area contributed by atoms with Gasteiger partial charge in [0.25, 0.3) is 5.91 Å². The fourth-order valence-electron chi connectivity index (χ4n) is 3.92. The molecule has 1 amide bonds. The van der Waals surface area contributed by atoms with Gasteiger partial charge in [-0.15, -0.1) is 0 Å². The highest BCUT2D eigenvalue weighted by molar-refractivity contribution is 7.89. The molecule has 9 heteroatoms. The lowest BCUT2D eigenvalue weighted by molar-refractivity contribution is 0.0791. The molecule has 1 heterocycles. The second-order valence-corrected chi connectivity index (χ2v) is 10.9. The number of aromatic nitrogens is 2. The van der Waals surface area contributed by atoms with Crippen LogP contribution in [0.15, 0.2) is 53.4 Å². The molecule has 7 nitrogen and oxygen atoms in total. The second kappa shape index (κ2) is 10.7. The lowest BCUT2D eigenvalue weighted by Gasteiger charge is -2.19. The van der Waals surface area contributed by atoms with Crippen LogP contribution >= 0.6 is 0 Å². The van der Waals surface area contributed by atoms with Crippen molar-refractivity contribution in [3.05, 3.63) is 71.2 Å². The van der Waals surface area contributed by atoms with Crippen LogP contribution < -0.4 is 4.72 Å². The number of rotatable bonds is 11. The maximum absolute atomic E-state index is 13.4. The van der Waals surface area contributed by atoms with Crippen LogP contribution in [0.1, 0.15) is 53.7 Å². The Kier molecular flexibility index (Phi) is 7.66. The number of hydrogen-bond donors (Lipinski definition) is 2. The topological polar surface area (TPSA) is 95.2 Å². The minimum atomic E-state index is -3.61. The molecule has 3 aromatic rings. The second-order valence-electron chi connectivity index (χ2n) is 9.20. The number of aryl methyl sites for hydroxylation is 2. The van der Waals surface area contributed by atoms with Gasteiger partial charge >= 0.3 is 0 Å². The molecule has 0 aliphatic heterocycles. The number of nitrogens with one attached hydrogen (secondary N) is 2. The Morgan fingerprint density at radius 1 is 1.14 bits per heavy atom. The number of aromatic amines is 1. The fraction of sp³-hybridized carbons (Fsp3) is 0.385. The van der Waals surface area contributed by atoms with Gasteiger partial charge in [0.1, 0.15) is 5.82 Å². The van der Waals surface area contributed by atoms with E-state index in [-0.39, 0.29) is 22.7 Å². The molecule has 1 saturated carbocycles. The van der Waals surface area contributed by atoms with Gasteiger partial charge in [-0.1, -0.05) is 24.6 Å². The number of unbranched alkanes of at least 4 members (excludes halogenated alkanes) is 2. The van der Waals surface area contributed by atoms with E-state index < -0.39 is 10.0 Å². The van der Waals surface area contributed by atoms with Gasteiger partial charge in [-0.3, -0.25) is 9.89 Å². The highest BCUT2D eigenvalue weighted by Crippen LogP contribution is 2.24. The van der Waals surface area contributed by atoms with Crippen molar-refractivity contribution < 1.29 is 17.6 Å². The summed E-state index contributed by atoms with van der Waals surface area (Å²) >= 11 is 0. The van der Waals surface area contributed by atoms with E-state index in [9.17, 15) is 17.6 Å². The average molecular weight is 499 g/mol. The van der Waals surface area contributed by atoms with Crippen molar-refractivity contribution in [1.29, 1.82) is 0 Å². The summed E-state index contributed by atoms with van der Waals surface area (Å²) < 4.78 is 41.2. The standard InChI is InChI=1S/C26H31FN4O3S/c1-18-10-13-23(35(33,34)30-21-11-12-21)17-24(18)26(32)31(2)14-5-3-4-9-22-16-25(29-28-22)19-7-6-8-20(27)15-19/h6-8,10,13,15-17,21,30H,3-5,9,11-12,14H2,1-2H3,(H,28,29).